The highest BCUT2D eigenvalue weighted by Crippen LogP contribution is 2.34. The van der Waals surface area contributed by atoms with Crippen molar-refractivity contribution in [2.45, 2.75) is 25.8 Å². The Labute approximate surface area is 185 Å². The number of H-pyrrole nitrogens is 1. The molecule has 5 rings (SSSR count). The molecule has 0 bridgehead atoms. The Morgan fingerprint density at radius 1 is 1.16 bits per heavy atom. The van der Waals surface area contributed by atoms with Crippen LogP contribution >= 0.6 is 0 Å². The molecule has 1 N–H and O–H groups in total. The first-order valence-electron chi connectivity index (χ1n) is 10.6. The van der Waals surface area contributed by atoms with E-state index in [1.807, 2.05) is 60.5 Å². The third kappa shape index (κ3) is 3.64. The number of carbonyl (C=O) groups is 1. The number of benzene rings is 2. The highest BCUT2D eigenvalue weighted by Gasteiger charge is 2.34. The Morgan fingerprint density at radius 2 is 2.00 bits per heavy atom. The number of nitrogens with zero attached hydrogens (tertiary/aromatic N) is 5. The monoisotopic (exact) mass is 428 g/mol. The summed E-state index contributed by atoms with van der Waals surface area (Å²) in [5.41, 5.74) is 4.17. The van der Waals surface area contributed by atoms with Gasteiger partial charge in [-0.15, -0.1) is 0 Å². The van der Waals surface area contributed by atoms with Crippen LogP contribution in [-0.2, 0) is 0 Å². The molecule has 1 atom stereocenters. The van der Waals surface area contributed by atoms with Crippen molar-refractivity contribution in [2.75, 3.05) is 13.7 Å². The molecule has 8 nitrogen and oxygen atoms in total. The minimum absolute atomic E-state index is 0.0390. The first kappa shape index (κ1) is 20.0. The minimum atomic E-state index is -0.110. The highest BCUT2D eigenvalue weighted by molar-refractivity contribution is 5.98. The Morgan fingerprint density at radius 3 is 2.81 bits per heavy atom. The van der Waals surface area contributed by atoms with Gasteiger partial charge < -0.3 is 14.6 Å². The van der Waals surface area contributed by atoms with Crippen LogP contribution in [0.1, 0.15) is 40.6 Å². The van der Waals surface area contributed by atoms with Crippen LogP contribution in [0.2, 0.25) is 0 Å². The van der Waals surface area contributed by atoms with E-state index in [2.05, 4.69) is 20.2 Å². The lowest BCUT2D eigenvalue weighted by Gasteiger charge is -2.24. The summed E-state index contributed by atoms with van der Waals surface area (Å²) in [6.45, 7) is 2.66. The first-order valence-corrected chi connectivity index (χ1v) is 10.6. The molecule has 8 heteroatoms. The fourth-order valence-corrected chi connectivity index (χ4v) is 4.23. The molecule has 3 heterocycles. The summed E-state index contributed by atoms with van der Waals surface area (Å²) in [5.74, 6) is 1.54. The maximum atomic E-state index is 13.7. The van der Waals surface area contributed by atoms with Gasteiger partial charge in [-0.05, 0) is 44.0 Å². The molecule has 0 spiro atoms. The van der Waals surface area contributed by atoms with Crippen molar-refractivity contribution < 1.29 is 9.53 Å². The smallest absolute Gasteiger partial charge is 0.256 e. The number of likely N-dealkylation sites (tertiary alicyclic amines) is 1. The van der Waals surface area contributed by atoms with E-state index >= 15 is 0 Å². The van der Waals surface area contributed by atoms with Crippen molar-refractivity contribution in [3.63, 3.8) is 0 Å². The highest BCUT2D eigenvalue weighted by atomic mass is 16.5. The van der Waals surface area contributed by atoms with Gasteiger partial charge in [0.05, 0.1) is 48.7 Å². The molecule has 0 radical (unpaired) electrons. The van der Waals surface area contributed by atoms with Gasteiger partial charge >= 0.3 is 0 Å². The molecular weight excluding hydrogens is 404 g/mol. The Balaban J connectivity index is 1.46. The third-order valence-corrected chi connectivity index (χ3v) is 5.82. The summed E-state index contributed by atoms with van der Waals surface area (Å²) in [7, 11) is 1.65. The molecule has 1 aliphatic rings. The van der Waals surface area contributed by atoms with Crippen molar-refractivity contribution in [1.29, 1.82) is 0 Å². The predicted octanol–water partition coefficient (Wildman–Crippen LogP) is 3.95. The second kappa shape index (κ2) is 8.30. The third-order valence-electron chi connectivity index (χ3n) is 5.82. The maximum Gasteiger partial charge on any atom is 0.256 e. The van der Waals surface area contributed by atoms with E-state index in [9.17, 15) is 4.79 Å². The van der Waals surface area contributed by atoms with E-state index in [0.29, 0.717) is 17.8 Å². The van der Waals surface area contributed by atoms with E-state index in [1.165, 1.54) is 4.80 Å². The van der Waals surface area contributed by atoms with Crippen molar-refractivity contribution >= 4 is 5.91 Å². The van der Waals surface area contributed by atoms with Gasteiger partial charge in [0.2, 0.25) is 0 Å². The van der Waals surface area contributed by atoms with Crippen molar-refractivity contribution in [3.8, 4) is 22.7 Å². The van der Waals surface area contributed by atoms with E-state index in [1.54, 1.807) is 19.5 Å². The van der Waals surface area contributed by atoms with Gasteiger partial charge in [-0.2, -0.15) is 15.0 Å². The molecule has 0 aliphatic carbocycles. The number of methoxy groups -OCH3 is 1. The second-order valence-corrected chi connectivity index (χ2v) is 7.91. The summed E-state index contributed by atoms with van der Waals surface area (Å²) in [6.07, 6.45) is 6.81. The largest absolute Gasteiger partial charge is 0.497 e. The molecule has 2 aromatic carbocycles. The molecule has 1 fully saturated rings. The lowest BCUT2D eigenvalue weighted by atomic mass is 10.1. The zero-order valence-corrected chi connectivity index (χ0v) is 18.0. The van der Waals surface area contributed by atoms with Crippen molar-refractivity contribution in [2.24, 2.45) is 0 Å². The van der Waals surface area contributed by atoms with Gasteiger partial charge in [0.1, 0.15) is 11.6 Å². The molecule has 0 unspecified atom stereocenters. The number of imidazole rings is 1. The molecule has 162 valence electrons. The summed E-state index contributed by atoms with van der Waals surface area (Å²) in [4.78, 5) is 25.1. The number of aryl methyl sites for hydroxylation is 1. The number of aromatic nitrogens is 5. The lowest BCUT2D eigenvalue weighted by Crippen LogP contribution is -2.32. The minimum Gasteiger partial charge on any atom is -0.497 e. The number of amides is 1. The number of carbonyl (C=O) groups excluding carboxylic acids is 1. The topological polar surface area (TPSA) is 88.9 Å². The molecule has 1 aliphatic heterocycles. The van der Waals surface area contributed by atoms with Crippen LogP contribution in [-0.4, -0.2) is 49.4 Å². The van der Waals surface area contributed by atoms with Gasteiger partial charge in [0, 0.05) is 12.1 Å². The molecule has 4 aromatic rings. The summed E-state index contributed by atoms with van der Waals surface area (Å²) < 4.78 is 5.33. The quantitative estimate of drug-likeness (QED) is 0.520. The molecule has 0 saturated carbocycles. The zero-order valence-electron chi connectivity index (χ0n) is 18.0. The number of rotatable bonds is 5. The summed E-state index contributed by atoms with van der Waals surface area (Å²) >= 11 is 0. The fraction of sp³-hybridized carbons (Fsp3) is 0.250. The fourth-order valence-electron chi connectivity index (χ4n) is 4.23. The standard InChI is InChI=1S/C24H24N6O2/c1-16-8-9-21(30-26-10-11-27-30)19(13-16)24(31)29-12-4-7-22(29)23-25-15-20(28-23)17-5-3-6-18(14-17)32-2/h3,5-6,8-11,13-15,22H,4,7,12H2,1-2H3,(H,25,28)/t22-/m0/s1. The van der Waals surface area contributed by atoms with Crippen molar-refractivity contribution in [3.05, 3.63) is 78.0 Å². The molecule has 2 aromatic heterocycles. The number of hydrogen-bond acceptors (Lipinski definition) is 5. The zero-order chi connectivity index (χ0) is 22.1. The van der Waals surface area contributed by atoms with Crippen molar-refractivity contribution in [1.82, 2.24) is 29.9 Å². The van der Waals surface area contributed by atoms with Crippen LogP contribution in [0.4, 0.5) is 0 Å². The SMILES string of the molecule is COc1cccc(-c2cnc([C@@H]3CCCN3C(=O)c3cc(C)ccc3-n3nccn3)[nH]2)c1. The molecule has 1 saturated heterocycles. The molecular formula is C24H24N6O2. The van der Waals surface area contributed by atoms with Gasteiger partial charge in [0.15, 0.2) is 0 Å². The van der Waals surface area contributed by atoms with Gasteiger partial charge in [-0.3, -0.25) is 4.79 Å². The van der Waals surface area contributed by atoms with Crippen LogP contribution in [0.3, 0.4) is 0 Å². The van der Waals surface area contributed by atoms with Crippen LogP contribution in [0.15, 0.2) is 61.1 Å². The van der Waals surface area contributed by atoms with Gasteiger partial charge in [-0.1, -0.05) is 23.8 Å². The number of nitrogens with one attached hydrogen (secondary N) is 1. The van der Waals surface area contributed by atoms with Gasteiger partial charge in [-0.25, -0.2) is 4.98 Å². The van der Waals surface area contributed by atoms with E-state index < -0.39 is 0 Å². The van der Waals surface area contributed by atoms with E-state index in [0.717, 1.165) is 41.2 Å². The predicted molar refractivity (Wildman–Crippen MR) is 120 cm³/mol. The second-order valence-electron chi connectivity index (χ2n) is 7.91. The number of aromatic amines is 1. The van der Waals surface area contributed by atoms with Crippen LogP contribution < -0.4 is 4.74 Å². The van der Waals surface area contributed by atoms with Crippen LogP contribution in [0, 0.1) is 6.92 Å². The van der Waals surface area contributed by atoms with E-state index in [4.69, 9.17) is 4.74 Å². The van der Waals surface area contributed by atoms with Crippen LogP contribution in [0.25, 0.3) is 16.9 Å². The lowest BCUT2D eigenvalue weighted by molar-refractivity contribution is 0.0730. The average molecular weight is 428 g/mol. The Hall–Kier alpha value is -3.94. The Bertz CT molecular complexity index is 1250. The first-order chi connectivity index (χ1) is 15.6. The summed E-state index contributed by atoms with van der Waals surface area (Å²) in [5, 5.41) is 8.44. The molecule has 1 amide bonds. The average Bonchev–Trinajstić information content (AvgIpc) is 3.59. The Kier molecular flexibility index (Phi) is 5.18. The number of hydrogen-bond donors (Lipinski definition) is 1. The number of ether oxygens (including phenoxy) is 1. The van der Waals surface area contributed by atoms with Gasteiger partial charge in [0.25, 0.3) is 5.91 Å². The summed E-state index contributed by atoms with van der Waals surface area (Å²) in [6, 6.07) is 13.5. The normalized spacial score (nSPS) is 15.8. The van der Waals surface area contributed by atoms with E-state index in [-0.39, 0.29) is 11.9 Å². The maximum absolute atomic E-state index is 13.7. The molecule has 32 heavy (non-hydrogen) atoms. The van der Waals surface area contributed by atoms with Crippen LogP contribution in [0.5, 0.6) is 5.75 Å².